The van der Waals surface area contributed by atoms with Crippen molar-refractivity contribution in [1.82, 2.24) is 4.90 Å². The van der Waals surface area contributed by atoms with Crippen LogP contribution >= 0.6 is 0 Å². The second-order valence-corrected chi connectivity index (χ2v) is 6.66. The molecule has 2 nitrogen and oxygen atoms in total. The van der Waals surface area contributed by atoms with Crippen LogP contribution in [0.1, 0.15) is 44.2 Å². The maximum atomic E-state index is 9.86. The van der Waals surface area contributed by atoms with Crippen molar-refractivity contribution in [2.45, 2.75) is 51.0 Å². The van der Waals surface area contributed by atoms with E-state index in [1.54, 1.807) is 0 Å². The summed E-state index contributed by atoms with van der Waals surface area (Å²) in [5.41, 5.74) is 3.11. The average molecular weight is 259 g/mol. The highest BCUT2D eigenvalue weighted by molar-refractivity contribution is 5.44. The Morgan fingerprint density at radius 3 is 2.95 bits per heavy atom. The lowest BCUT2D eigenvalue weighted by molar-refractivity contribution is 0.0344. The number of benzene rings is 1. The normalized spacial score (nSPS) is 34.1. The molecule has 0 amide bonds. The fraction of sp³-hybridized carbons (Fsp3) is 0.647. The second kappa shape index (κ2) is 4.52. The molecule has 0 saturated carbocycles. The molecule has 1 saturated heterocycles. The first-order chi connectivity index (χ1) is 9.06. The number of hydrogen-bond donors (Lipinski definition) is 1. The SMILES string of the molecule is CCC[C@@H]1[C@H]2Cc3ccc(O)cc3[C@]1(C)CCN2C. The Morgan fingerprint density at radius 2 is 2.21 bits per heavy atom. The highest BCUT2D eigenvalue weighted by Crippen LogP contribution is 2.50. The average Bonchev–Trinajstić information content (AvgIpc) is 2.39. The summed E-state index contributed by atoms with van der Waals surface area (Å²) in [4.78, 5) is 2.55. The van der Waals surface area contributed by atoms with Gasteiger partial charge in [-0.05, 0) is 67.4 Å². The van der Waals surface area contributed by atoms with Crippen molar-refractivity contribution in [1.29, 1.82) is 0 Å². The predicted molar refractivity (Wildman–Crippen MR) is 78.6 cm³/mol. The predicted octanol–water partition coefficient (Wildman–Crippen LogP) is 3.33. The molecule has 0 radical (unpaired) electrons. The number of phenols is 1. The molecule has 1 aromatic rings. The second-order valence-electron chi connectivity index (χ2n) is 6.66. The van der Waals surface area contributed by atoms with Gasteiger partial charge in [-0.25, -0.2) is 0 Å². The minimum Gasteiger partial charge on any atom is -0.508 e. The van der Waals surface area contributed by atoms with Gasteiger partial charge in [0.2, 0.25) is 0 Å². The summed E-state index contributed by atoms with van der Waals surface area (Å²) in [6, 6.07) is 6.69. The van der Waals surface area contributed by atoms with Crippen molar-refractivity contribution in [3.05, 3.63) is 29.3 Å². The van der Waals surface area contributed by atoms with Crippen molar-refractivity contribution in [2.75, 3.05) is 13.6 Å². The molecule has 1 aliphatic heterocycles. The molecule has 1 aliphatic carbocycles. The summed E-state index contributed by atoms with van der Waals surface area (Å²) in [5.74, 6) is 1.15. The Kier molecular flexibility index (Phi) is 3.09. The number of rotatable bonds is 2. The standard InChI is InChI=1S/C17H25NO/c1-4-5-14-16-10-12-6-7-13(19)11-15(12)17(14,2)8-9-18(16)3/h6-7,11,14,16,19H,4-5,8-10H2,1-3H3/t14-,16-,17-/m1/s1. The van der Waals surface area contributed by atoms with Crippen LogP contribution in [-0.4, -0.2) is 29.6 Å². The van der Waals surface area contributed by atoms with Crippen LogP contribution in [0, 0.1) is 5.92 Å². The fourth-order valence-electron chi connectivity index (χ4n) is 4.45. The van der Waals surface area contributed by atoms with Crippen LogP contribution in [0.4, 0.5) is 0 Å². The van der Waals surface area contributed by atoms with E-state index in [0.717, 1.165) is 12.3 Å². The van der Waals surface area contributed by atoms with Crippen LogP contribution in [-0.2, 0) is 11.8 Å². The molecule has 1 fully saturated rings. The first-order valence-corrected chi connectivity index (χ1v) is 7.59. The summed E-state index contributed by atoms with van der Waals surface area (Å²) in [5, 5.41) is 9.86. The molecule has 2 bridgehead atoms. The number of fused-ring (bicyclic) bond motifs is 4. The third-order valence-corrected chi connectivity index (χ3v) is 5.57. The lowest BCUT2D eigenvalue weighted by atomic mass is 9.57. The van der Waals surface area contributed by atoms with Crippen LogP contribution < -0.4 is 0 Å². The molecule has 0 aromatic heterocycles. The van der Waals surface area contributed by atoms with E-state index < -0.39 is 0 Å². The molecule has 3 atom stereocenters. The lowest BCUT2D eigenvalue weighted by Crippen LogP contribution is -2.57. The summed E-state index contributed by atoms with van der Waals surface area (Å²) in [7, 11) is 2.28. The van der Waals surface area contributed by atoms with E-state index in [1.165, 1.54) is 36.9 Å². The molecule has 0 spiro atoms. The van der Waals surface area contributed by atoms with Crippen LogP contribution in [0.5, 0.6) is 5.75 Å². The molecular weight excluding hydrogens is 234 g/mol. The van der Waals surface area contributed by atoms with Gasteiger partial charge in [0.25, 0.3) is 0 Å². The van der Waals surface area contributed by atoms with Crippen molar-refractivity contribution >= 4 is 0 Å². The Hall–Kier alpha value is -1.02. The third kappa shape index (κ3) is 1.88. The summed E-state index contributed by atoms with van der Waals surface area (Å²) < 4.78 is 0. The van der Waals surface area contributed by atoms with Gasteiger partial charge < -0.3 is 10.0 Å². The summed E-state index contributed by atoms with van der Waals surface area (Å²) in [6.45, 7) is 5.89. The van der Waals surface area contributed by atoms with Crippen molar-refractivity contribution in [3.8, 4) is 5.75 Å². The Labute approximate surface area is 116 Å². The Bertz CT molecular complexity index is 484. The van der Waals surface area contributed by atoms with E-state index in [-0.39, 0.29) is 5.41 Å². The number of hydrogen-bond acceptors (Lipinski definition) is 2. The maximum absolute atomic E-state index is 9.86. The first kappa shape index (κ1) is 13.0. The number of piperidine rings is 1. The quantitative estimate of drug-likeness (QED) is 0.880. The molecule has 0 unspecified atom stereocenters. The van der Waals surface area contributed by atoms with E-state index in [1.807, 2.05) is 12.1 Å². The first-order valence-electron chi connectivity index (χ1n) is 7.59. The van der Waals surface area contributed by atoms with Crippen molar-refractivity contribution in [3.63, 3.8) is 0 Å². The zero-order chi connectivity index (χ0) is 13.6. The van der Waals surface area contributed by atoms with Gasteiger partial charge >= 0.3 is 0 Å². The number of likely N-dealkylation sites (tertiary alicyclic amines) is 1. The lowest BCUT2D eigenvalue weighted by Gasteiger charge is -2.55. The van der Waals surface area contributed by atoms with Crippen LogP contribution in [0.15, 0.2) is 18.2 Å². The van der Waals surface area contributed by atoms with E-state index in [9.17, 15) is 5.11 Å². The van der Waals surface area contributed by atoms with E-state index in [2.05, 4.69) is 31.9 Å². The number of aromatic hydroxyl groups is 1. The highest BCUT2D eigenvalue weighted by atomic mass is 16.3. The van der Waals surface area contributed by atoms with Crippen LogP contribution in [0.25, 0.3) is 0 Å². The largest absolute Gasteiger partial charge is 0.508 e. The highest BCUT2D eigenvalue weighted by Gasteiger charge is 2.49. The number of phenolic OH excluding ortho intramolecular Hbond substituents is 1. The van der Waals surface area contributed by atoms with Gasteiger partial charge in [-0.3, -0.25) is 0 Å². The molecule has 19 heavy (non-hydrogen) atoms. The van der Waals surface area contributed by atoms with Crippen LogP contribution in [0.3, 0.4) is 0 Å². The van der Waals surface area contributed by atoms with Crippen molar-refractivity contribution in [2.24, 2.45) is 5.92 Å². The van der Waals surface area contributed by atoms with Gasteiger partial charge in [-0.15, -0.1) is 0 Å². The minimum atomic E-state index is 0.250. The summed E-state index contributed by atoms with van der Waals surface area (Å²) >= 11 is 0. The molecular formula is C17H25NO. The fourth-order valence-corrected chi connectivity index (χ4v) is 4.45. The zero-order valence-electron chi connectivity index (χ0n) is 12.3. The van der Waals surface area contributed by atoms with E-state index in [4.69, 9.17) is 0 Å². The molecule has 2 heteroatoms. The molecule has 1 N–H and O–H groups in total. The number of nitrogens with zero attached hydrogens (tertiary/aromatic N) is 1. The molecule has 104 valence electrons. The summed E-state index contributed by atoms with van der Waals surface area (Å²) in [6.07, 6.45) is 4.90. The van der Waals surface area contributed by atoms with Gasteiger partial charge in [0, 0.05) is 6.04 Å². The molecule has 1 aromatic carbocycles. The van der Waals surface area contributed by atoms with Gasteiger partial charge in [-0.2, -0.15) is 0 Å². The molecule has 3 rings (SSSR count). The van der Waals surface area contributed by atoms with Gasteiger partial charge in [0.1, 0.15) is 5.75 Å². The molecule has 2 aliphatic rings. The smallest absolute Gasteiger partial charge is 0.115 e. The zero-order valence-corrected chi connectivity index (χ0v) is 12.3. The Morgan fingerprint density at radius 1 is 1.42 bits per heavy atom. The van der Waals surface area contributed by atoms with Gasteiger partial charge in [0.05, 0.1) is 0 Å². The maximum Gasteiger partial charge on any atom is 0.115 e. The molecule has 1 heterocycles. The van der Waals surface area contributed by atoms with E-state index >= 15 is 0 Å². The number of likely N-dealkylation sites (N-methyl/N-ethyl adjacent to an activating group) is 1. The Balaban J connectivity index is 2.11. The monoisotopic (exact) mass is 259 g/mol. The van der Waals surface area contributed by atoms with Gasteiger partial charge in [0.15, 0.2) is 0 Å². The van der Waals surface area contributed by atoms with E-state index in [0.29, 0.717) is 11.8 Å². The van der Waals surface area contributed by atoms with Crippen molar-refractivity contribution < 1.29 is 5.11 Å². The minimum absolute atomic E-state index is 0.250. The third-order valence-electron chi connectivity index (χ3n) is 5.57. The van der Waals surface area contributed by atoms with Crippen LogP contribution in [0.2, 0.25) is 0 Å². The van der Waals surface area contributed by atoms with Gasteiger partial charge in [-0.1, -0.05) is 26.3 Å². The topological polar surface area (TPSA) is 23.5 Å².